The van der Waals surface area contributed by atoms with E-state index in [1.54, 1.807) is 30.3 Å². The van der Waals surface area contributed by atoms with Crippen LogP contribution in [0, 0.1) is 5.21 Å². The number of hydrazine groups is 1. The highest BCUT2D eigenvalue weighted by Crippen LogP contribution is 2.09. The number of hydrogen-bond acceptors (Lipinski definition) is 7. The highest BCUT2D eigenvalue weighted by Gasteiger charge is 2.29. The van der Waals surface area contributed by atoms with Crippen molar-refractivity contribution in [1.82, 2.24) is 5.01 Å². The smallest absolute Gasteiger partial charge is 0.511 e. The van der Waals surface area contributed by atoms with Crippen molar-refractivity contribution in [1.29, 1.82) is 0 Å². The van der Waals surface area contributed by atoms with Crippen LogP contribution in [-0.4, -0.2) is 53.7 Å². The molecule has 0 spiro atoms. The first-order chi connectivity index (χ1) is 11.3. The van der Waals surface area contributed by atoms with Crippen molar-refractivity contribution in [2.75, 3.05) is 14.2 Å². The Morgan fingerprint density at radius 3 is 2.54 bits per heavy atom. The lowest BCUT2D eigenvalue weighted by Crippen LogP contribution is -2.44. The number of hydrogen-bond donors (Lipinski definition) is 1. The average Bonchev–Trinajstić information content (AvgIpc) is 2.57. The highest BCUT2D eigenvalue weighted by molar-refractivity contribution is 5.73. The van der Waals surface area contributed by atoms with Crippen LogP contribution in [0.2, 0.25) is 0 Å². The normalized spacial score (nSPS) is 13.5. The topological polar surface area (TPSA) is 124 Å². The van der Waals surface area contributed by atoms with Crippen LogP contribution in [-0.2, 0) is 25.5 Å². The molecule has 1 aromatic carbocycles. The number of nitrogens with zero attached hydrogens (tertiary/aromatic N) is 3. The molecule has 1 rings (SSSR count). The maximum absolute atomic E-state index is 11.9. The van der Waals surface area contributed by atoms with Gasteiger partial charge in [0.05, 0.1) is 19.1 Å². The van der Waals surface area contributed by atoms with E-state index in [1.807, 2.05) is 0 Å². The number of methoxy groups -OCH3 is 1. The van der Waals surface area contributed by atoms with Gasteiger partial charge in [-0.2, -0.15) is 0 Å². The molecule has 0 saturated carbocycles. The summed E-state index contributed by atoms with van der Waals surface area (Å²) >= 11 is 0. The number of rotatable bonds is 8. The van der Waals surface area contributed by atoms with Gasteiger partial charge in [0.25, 0.3) is 6.29 Å². The summed E-state index contributed by atoms with van der Waals surface area (Å²) in [6.07, 6.45) is -2.09. The maximum Gasteiger partial charge on any atom is 0.511 e. The van der Waals surface area contributed by atoms with Gasteiger partial charge in [0, 0.05) is 13.3 Å². The lowest BCUT2D eigenvalue weighted by Gasteiger charge is -2.20. The minimum absolute atomic E-state index is 0.0289. The van der Waals surface area contributed by atoms with Gasteiger partial charge in [-0.15, -0.1) is 5.01 Å². The fourth-order valence-corrected chi connectivity index (χ4v) is 1.71. The van der Waals surface area contributed by atoms with Gasteiger partial charge < -0.3 is 19.8 Å². The second kappa shape index (κ2) is 9.18. The Labute approximate surface area is 138 Å². The molecular weight excluding hydrogens is 322 g/mol. The molecule has 10 heteroatoms. The predicted octanol–water partition coefficient (Wildman–Crippen LogP) is 1.55. The molecule has 0 amide bonds. The summed E-state index contributed by atoms with van der Waals surface area (Å²) in [7, 11) is 2.37. The molecule has 1 unspecified atom stereocenters. The van der Waals surface area contributed by atoms with E-state index in [2.05, 4.69) is 19.6 Å². The molecule has 0 heterocycles. The Hall–Kier alpha value is -3.04. The van der Waals surface area contributed by atoms with Gasteiger partial charge in [-0.05, 0) is 5.56 Å². The number of benzene rings is 1. The molecule has 10 nitrogen and oxygen atoms in total. The van der Waals surface area contributed by atoms with Crippen molar-refractivity contribution >= 4 is 12.1 Å². The first-order valence-electron chi connectivity index (χ1n) is 6.93. The SMILES string of the molecule is COC(=O)OC(C)ON=[N+]([O-])N(C)[C@@H](Cc1ccccc1)C(=O)O. The van der Waals surface area contributed by atoms with E-state index in [-0.39, 0.29) is 11.4 Å². The summed E-state index contributed by atoms with van der Waals surface area (Å²) in [6, 6.07) is 7.67. The Bertz CT molecular complexity index is 579. The average molecular weight is 341 g/mol. The summed E-state index contributed by atoms with van der Waals surface area (Å²) in [5, 5.41) is 25.2. The molecule has 0 aliphatic heterocycles. The quantitative estimate of drug-likeness (QED) is 0.248. The number of carbonyl (C=O) groups is 2. The lowest BCUT2D eigenvalue weighted by molar-refractivity contribution is -0.712. The first kappa shape index (κ1) is 19.0. The van der Waals surface area contributed by atoms with Crippen LogP contribution in [0.1, 0.15) is 12.5 Å². The van der Waals surface area contributed by atoms with Crippen molar-refractivity contribution in [2.24, 2.45) is 5.28 Å². The Balaban J connectivity index is 2.71. The second-order valence-electron chi connectivity index (χ2n) is 4.70. The molecule has 1 N–H and O–H groups in total. The van der Waals surface area contributed by atoms with Gasteiger partial charge in [-0.3, -0.25) is 4.84 Å². The van der Waals surface area contributed by atoms with Gasteiger partial charge in [0.2, 0.25) is 5.28 Å². The standard InChI is InChI=1S/C14H19N3O7/c1-10(23-14(20)22-3)24-15-17(21)16(2)12(13(18)19)9-11-7-5-4-6-8-11/h4-8,10,12H,9H2,1-3H3,(H,18,19)/t10?,12-/m0/s1. The van der Waals surface area contributed by atoms with E-state index in [0.29, 0.717) is 0 Å². The largest absolute Gasteiger partial charge is 0.569 e. The van der Waals surface area contributed by atoms with Gasteiger partial charge in [-0.1, -0.05) is 30.3 Å². The van der Waals surface area contributed by atoms with E-state index in [1.165, 1.54) is 14.0 Å². The summed E-state index contributed by atoms with van der Waals surface area (Å²) in [4.78, 5) is 26.9. The molecule has 0 aliphatic rings. The van der Waals surface area contributed by atoms with E-state index in [9.17, 15) is 19.9 Å². The minimum Gasteiger partial charge on any atom is -0.569 e. The number of carboxylic acid groups (broad SMARTS) is 1. The van der Waals surface area contributed by atoms with Crippen LogP contribution in [0.3, 0.4) is 0 Å². The third-order valence-electron chi connectivity index (χ3n) is 2.97. The predicted molar refractivity (Wildman–Crippen MR) is 79.4 cm³/mol. The molecule has 0 aromatic heterocycles. The molecule has 2 atom stereocenters. The molecule has 132 valence electrons. The van der Waals surface area contributed by atoms with Gasteiger partial charge >= 0.3 is 12.1 Å². The highest BCUT2D eigenvalue weighted by atomic mass is 16.8. The van der Waals surface area contributed by atoms with Gasteiger partial charge in [-0.25, -0.2) is 9.59 Å². The number of carboxylic acids is 1. The van der Waals surface area contributed by atoms with Crippen LogP contribution in [0.4, 0.5) is 4.79 Å². The van der Waals surface area contributed by atoms with Crippen LogP contribution in [0.25, 0.3) is 0 Å². The summed E-state index contributed by atoms with van der Waals surface area (Å²) in [5.74, 6) is -1.20. The zero-order valence-electron chi connectivity index (χ0n) is 13.5. The van der Waals surface area contributed by atoms with E-state index in [0.717, 1.165) is 17.7 Å². The third kappa shape index (κ3) is 5.99. The molecule has 0 saturated heterocycles. The van der Waals surface area contributed by atoms with Crippen molar-refractivity contribution < 1.29 is 34.0 Å². The van der Waals surface area contributed by atoms with Crippen molar-refractivity contribution in [3.8, 4) is 0 Å². The lowest BCUT2D eigenvalue weighted by atomic mass is 10.1. The van der Waals surface area contributed by atoms with E-state index in [4.69, 9.17) is 0 Å². The zero-order valence-corrected chi connectivity index (χ0v) is 13.5. The molecule has 0 bridgehead atoms. The summed E-state index contributed by atoms with van der Waals surface area (Å²) < 4.78 is 8.80. The number of carbonyl (C=O) groups excluding carboxylic acids is 1. The fraction of sp³-hybridized carbons (Fsp3) is 0.429. The van der Waals surface area contributed by atoms with Crippen LogP contribution >= 0.6 is 0 Å². The molecule has 0 aliphatic carbocycles. The minimum atomic E-state index is -1.20. The van der Waals surface area contributed by atoms with Crippen LogP contribution in [0.5, 0.6) is 0 Å². The van der Waals surface area contributed by atoms with Gasteiger partial charge in [0.1, 0.15) is 0 Å². The Morgan fingerprint density at radius 1 is 1.38 bits per heavy atom. The number of aliphatic carboxylic acids is 1. The second-order valence-corrected chi connectivity index (χ2v) is 4.70. The van der Waals surface area contributed by atoms with Crippen molar-refractivity contribution in [3.05, 3.63) is 41.1 Å². The van der Waals surface area contributed by atoms with Crippen molar-refractivity contribution in [3.63, 3.8) is 0 Å². The molecular formula is C14H19N3O7. The maximum atomic E-state index is 11.9. The summed E-state index contributed by atoms with van der Waals surface area (Å²) in [5.41, 5.74) is 0.744. The van der Waals surface area contributed by atoms with Crippen LogP contribution in [0.15, 0.2) is 35.6 Å². The molecule has 0 fully saturated rings. The van der Waals surface area contributed by atoms with Crippen LogP contribution < -0.4 is 0 Å². The third-order valence-corrected chi connectivity index (χ3v) is 2.97. The monoisotopic (exact) mass is 341 g/mol. The fourth-order valence-electron chi connectivity index (χ4n) is 1.71. The number of likely N-dealkylation sites (N-methyl/N-ethyl adjacent to an activating group) is 1. The van der Waals surface area contributed by atoms with E-state index < -0.39 is 24.5 Å². The van der Waals surface area contributed by atoms with Crippen molar-refractivity contribution in [2.45, 2.75) is 25.7 Å². The molecule has 1 aromatic rings. The first-order valence-corrected chi connectivity index (χ1v) is 6.93. The van der Waals surface area contributed by atoms with E-state index >= 15 is 0 Å². The summed E-state index contributed by atoms with van der Waals surface area (Å²) in [6.45, 7) is 1.31. The number of ether oxygens (including phenoxy) is 2. The zero-order chi connectivity index (χ0) is 18.1. The van der Waals surface area contributed by atoms with Gasteiger partial charge in [0.15, 0.2) is 6.04 Å². The Morgan fingerprint density at radius 2 is 2.00 bits per heavy atom. The Kier molecular flexibility index (Phi) is 7.27. The molecule has 0 radical (unpaired) electrons. The molecule has 24 heavy (non-hydrogen) atoms.